The molecule has 12 heavy (non-hydrogen) atoms. The van der Waals surface area contributed by atoms with E-state index in [1.165, 1.54) is 6.92 Å². The first-order valence-corrected chi connectivity index (χ1v) is 4.01. The summed E-state index contributed by atoms with van der Waals surface area (Å²) >= 11 is 0.475. The smallest absolute Gasteiger partial charge is 0.346 e. The normalized spacial score (nSPS) is 17.9. The fourth-order valence-electron chi connectivity index (χ4n) is 0.445. The molecule has 0 heterocycles. The first-order valence-electron chi connectivity index (χ1n) is 3.13. The summed E-state index contributed by atoms with van der Waals surface area (Å²) in [7, 11) is 0. The predicted molar refractivity (Wildman–Crippen MR) is 42.9 cm³/mol. The fraction of sp³-hybridized carbons (Fsp3) is 0.667. The molecular weight excluding hydrogens is 184 g/mol. The van der Waals surface area contributed by atoms with Crippen molar-refractivity contribution in [2.75, 3.05) is 0 Å². The lowest BCUT2D eigenvalue weighted by molar-refractivity contribution is -0.148. The average molecular weight is 194 g/mol. The second-order valence-corrected chi connectivity index (χ2v) is 4.12. The van der Waals surface area contributed by atoms with E-state index in [0.29, 0.717) is 11.8 Å². The molecule has 0 radical (unpaired) electrons. The van der Waals surface area contributed by atoms with Crippen LogP contribution in [0.5, 0.6) is 0 Å². The molecule has 0 aliphatic carbocycles. The van der Waals surface area contributed by atoms with Gasteiger partial charge in [0.2, 0.25) is 4.93 Å². The van der Waals surface area contributed by atoms with Crippen molar-refractivity contribution in [3.63, 3.8) is 0 Å². The van der Waals surface area contributed by atoms with Gasteiger partial charge in [-0.2, -0.15) is 0 Å². The monoisotopic (exact) mass is 194 g/mol. The van der Waals surface area contributed by atoms with Crippen LogP contribution in [0.1, 0.15) is 13.8 Å². The quantitative estimate of drug-likeness (QED) is 0.545. The Hall–Kier alpha value is -0.750. The number of rotatable bonds is 4. The van der Waals surface area contributed by atoms with Gasteiger partial charge in [0.15, 0.2) is 0 Å². The predicted octanol–water partition coefficient (Wildman–Crippen LogP) is -0.0142. The molecule has 6 heteroatoms. The third kappa shape index (κ3) is 3.10. The van der Waals surface area contributed by atoms with Crippen LogP contribution in [0, 0.1) is 0 Å². The molecule has 3 N–H and O–H groups in total. The first kappa shape index (κ1) is 11.2. The van der Waals surface area contributed by atoms with Crippen molar-refractivity contribution in [2.45, 2.75) is 24.0 Å². The molecule has 2 unspecified atom stereocenters. The minimum atomic E-state index is -2.04. The van der Waals surface area contributed by atoms with Gasteiger partial charge >= 0.3 is 11.9 Å². The summed E-state index contributed by atoms with van der Waals surface area (Å²) in [6.45, 7) is 2.35. The lowest BCUT2D eigenvalue weighted by atomic mass is 10.4. The number of hydrogen-bond acceptors (Lipinski definition) is 4. The lowest BCUT2D eigenvalue weighted by Crippen LogP contribution is -2.34. The van der Waals surface area contributed by atoms with E-state index in [9.17, 15) is 9.59 Å². The summed E-state index contributed by atoms with van der Waals surface area (Å²) < 4.78 is 0. The first-order chi connectivity index (χ1) is 5.27. The second kappa shape index (κ2) is 3.77. The molecule has 0 fully saturated rings. The molecule has 5 nitrogen and oxygen atoms in total. The van der Waals surface area contributed by atoms with Crippen molar-refractivity contribution in [3.05, 3.63) is 0 Å². The zero-order chi connectivity index (χ0) is 9.94. The Morgan fingerprint density at radius 3 is 2.08 bits per heavy atom. The van der Waals surface area contributed by atoms with Crippen molar-refractivity contribution in [1.82, 2.24) is 0 Å². The topological polar surface area (TPSA) is 94.8 Å². The Kier molecular flexibility index (Phi) is 3.54. The highest BCUT2D eigenvalue weighted by Crippen LogP contribution is 2.26. The Labute approximate surface area is 73.4 Å². The standard InChI is InChI=1S/C6H10O5S/c1-3(4(7)8)12-6(2,11)5(9)10/h3,11H,1-2H3,(H,7,8)(H,9,10). The largest absolute Gasteiger partial charge is 0.480 e. The number of carboxylic acids is 2. The van der Waals surface area contributed by atoms with Crippen LogP contribution in [0.15, 0.2) is 0 Å². The van der Waals surface area contributed by atoms with Gasteiger partial charge in [-0.1, -0.05) is 0 Å². The fourth-order valence-corrected chi connectivity index (χ4v) is 1.34. The SMILES string of the molecule is CC(SC(C)(O)C(=O)O)C(=O)O. The van der Waals surface area contributed by atoms with Gasteiger partial charge in [0.1, 0.15) is 5.25 Å². The maximum Gasteiger partial charge on any atom is 0.346 e. The molecule has 0 aromatic carbocycles. The van der Waals surface area contributed by atoms with Gasteiger partial charge in [0, 0.05) is 0 Å². The molecular formula is C6H10O5S. The summed E-state index contributed by atoms with van der Waals surface area (Å²) in [6.07, 6.45) is 0. The highest BCUT2D eigenvalue weighted by Gasteiger charge is 2.34. The van der Waals surface area contributed by atoms with Gasteiger partial charge in [-0.25, -0.2) is 4.79 Å². The van der Waals surface area contributed by atoms with Crippen LogP contribution in [0.25, 0.3) is 0 Å². The number of carboxylic acid groups (broad SMARTS) is 2. The Morgan fingerprint density at radius 2 is 1.83 bits per heavy atom. The van der Waals surface area contributed by atoms with Crippen LogP contribution in [0.2, 0.25) is 0 Å². The molecule has 2 atom stereocenters. The molecule has 0 spiro atoms. The lowest BCUT2D eigenvalue weighted by Gasteiger charge is -2.19. The number of thioether (sulfide) groups is 1. The minimum absolute atomic E-state index is 0.475. The average Bonchev–Trinajstić information content (AvgIpc) is 1.85. The molecule has 0 rings (SSSR count). The van der Waals surface area contributed by atoms with Crippen LogP contribution in [0.4, 0.5) is 0 Å². The van der Waals surface area contributed by atoms with E-state index in [4.69, 9.17) is 15.3 Å². The van der Waals surface area contributed by atoms with E-state index in [2.05, 4.69) is 0 Å². The minimum Gasteiger partial charge on any atom is -0.480 e. The second-order valence-electron chi connectivity index (χ2n) is 2.39. The zero-order valence-electron chi connectivity index (χ0n) is 6.64. The third-order valence-electron chi connectivity index (χ3n) is 1.15. The molecule has 0 saturated carbocycles. The van der Waals surface area contributed by atoms with E-state index >= 15 is 0 Å². The van der Waals surface area contributed by atoms with Gasteiger partial charge < -0.3 is 15.3 Å². The van der Waals surface area contributed by atoms with Crippen LogP contribution in [0.3, 0.4) is 0 Å². The summed E-state index contributed by atoms with van der Waals surface area (Å²) in [6, 6.07) is 0. The van der Waals surface area contributed by atoms with Gasteiger partial charge in [-0.05, 0) is 13.8 Å². The van der Waals surface area contributed by atoms with Crippen molar-refractivity contribution in [1.29, 1.82) is 0 Å². The van der Waals surface area contributed by atoms with E-state index in [1.807, 2.05) is 0 Å². The van der Waals surface area contributed by atoms with E-state index < -0.39 is 22.1 Å². The maximum absolute atomic E-state index is 10.3. The molecule has 0 aliphatic heterocycles. The van der Waals surface area contributed by atoms with E-state index in [0.717, 1.165) is 6.92 Å². The third-order valence-corrected chi connectivity index (χ3v) is 2.34. The molecule has 0 aromatic rings. The van der Waals surface area contributed by atoms with E-state index in [1.54, 1.807) is 0 Å². The van der Waals surface area contributed by atoms with Crippen LogP contribution in [-0.4, -0.2) is 37.4 Å². The number of hydrogen-bond donors (Lipinski definition) is 3. The number of aliphatic carboxylic acids is 2. The summed E-state index contributed by atoms with van der Waals surface area (Å²) in [4.78, 5) is 18.5. The Morgan fingerprint density at radius 1 is 1.42 bits per heavy atom. The molecule has 70 valence electrons. The summed E-state index contributed by atoms with van der Waals surface area (Å²) in [5, 5.41) is 25.0. The number of carbonyl (C=O) groups is 2. The molecule has 0 aromatic heterocycles. The van der Waals surface area contributed by atoms with Gasteiger partial charge in [0.05, 0.1) is 0 Å². The molecule has 0 amide bonds. The zero-order valence-corrected chi connectivity index (χ0v) is 7.46. The molecule has 0 aliphatic rings. The van der Waals surface area contributed by atoms with Gasteiger partial charge in [0.25, 0.3) is 0 Å². The summed E-state index contributed by atoms with van der Waals surface area (Å²) in [5.41, 5.74) is 0. The van der Waals surface area contributed by atoms with Crippen molar-refractivity contribution in [3.8, 4) is 0 Å². The van der Waals surface area contributed by atoms with Gasteiger partial charge in [-0.3, -0.25) is 4.79 Å². The highest BCUT2D eigenvalue weighted by atomic mass is 32.2. The van der Waals surface area contributed by atoms with E-state index in [-0.39, 0.29) is 0 Å². The van der Waals surface area contributed by atoms with Crippen molar-refractivity contribution >= 4 is 23.7 Å². The number of aliphatic hydroxyl groups is 1. The van der Waals surface area contributed by atoms with Crippen LogP contribution >= 0.6 is 11.8 Å². The van der Waals surface area contributed by atoms with Crippen molar-refractivity contribution < 1.29 is 24.9 Å². The van der Waals surface area contributed by atoms with Gasteiger partial charge in [-0.15, -0.1) is 11.8 Å². The van der Waals surface area contributed by atoms with Crippen molar-refractivity contribution in [2.24, 2.45) is 0 Å². The highest BCUT2D eigenvalue weighted by molar-refractivity contribution is 8.02. The molecule has 0 saturated heterocycles. The van der Waals surface area contributed by atoms with Crippen LogP contribution < -0.4 is 0 Å². The Bertz CT molecular complexity index is 200. The Balaban J connectivity index is 4.24. The van der Waals surface area contributed by atoms with Crippen LogP contribution in [-0.2, 0) is 9.59 Å². The maximum atomic E-state index is 10.3. The summed E-state index contributed by atoms with van der Waals surface area (Å²) in [5.74, 6) is -2.60. The molecule has 0 bridgehead atoms.